The van der Waals surface area contributed by atoms with Crippen molar-refractivity contribution in [3.05, 3.63) is 88.2 Å². The van der Waals surface area contributed by atoms with Gasteiger partial charge in [-0.05, 0) is 62.1 Å². The first-order chi connectivity index (χ1) is 12.5. The van der Waals surface area contributed by atoms with Crippen molar-refractivity contribution in [1.82, 2.24) is 4.98 Å². The molecule has 1 nitrogen and oxygen atoms in total. The largest absolute Gasteiger partial charge is 0.256 e. The van der Waals surface area contributed by atoms with Gasteiger partial charge in [-0.3, -0.25) is 4.98 Å². The van der Waals surface area contributed by atoms with E-state index >= 15 is 0 Å². The summed E-state index contributed by atoms with van der Waals surface area (Å²) in [6.45, 7) is 8.72. The lowest BCUT2D eigenvalue weighted by Crippen LogP contribution is -1.94. The summed E-state index contributed by atoms with van der Waals surface area (Å²) in [5.74, 6) is 1.82. The van der Waals surface area contributed by atoms with Crippen LogP contribution < -0.4 is 0 Å². The van der Waals surface area contributed by atoms with Crippen molar-refractivity contribution >= 4 is 23.5 Å². The zero-order chi connectivity index (χ0) is 18.5. The van der Waals surface area contributed by atoms with Crippen LogP contribution in [0.25, 0.3) is 0 Å². The van der Waals surface area contributed by atoms with Crippen LogP contribution in [0.15, 0.2) is 64.4 Å². The van der Waals surface area contributed by atoms with Crippen molar-refractivity contribution in [2.75, 3.05) is 0 Å². The van der Waals surface area contributed by atoms with Gasteiger partial charge in [0.2, 0.25) is 0 Å². The van der Waals surface area contributed by atoms with E-state index in [0.29, 0.717) is 0 Å². The van der Waals surface area contributed by atoms with Gasteiger partial charge < -0.3 is 0 Å². The number of hydrogen-bond donors (Lipinski definition) is 0. The van der Waals surface area contributed by atoms with Crippen molar-refractivity contribution in [2.45, 2.75) is 49.0 Å². The SMILES string of the molecule is Cc1cccc(C)c1SCc1cccc(CSc2c(C)cccc2C)n1. The van der Waals surface area contributed by atoms with Gasteiger partial charge in [-0.25, -0.2) is 0 Å². The van der Waals surface area contributed by atoms with Crippen LogP contribution in [0, 0.1) is 27.7 Å². The standard InChI is InChI=1S/C23H25NS2/c1-16-8-5-9-17(2)22(16)25-14-20-12-7-13-21(24-20)15-26-23-18(3)10-6-11-19(23)4/h5-13H,14-15H2,1-4H3. The third kappa shape index (κ3) is 4.72. The van der Waals surface area contributed by atoms with E-state index in [0.717, 1.165) is 22.9 Å². The van der Waals surface area contributed by atoms with E-state index < -0.39 is 0 Å². The van der Waals surface area contributed by atoms with Gasteiger partial charge in [0.05, 0.1) is 11.4 Å². The van der Waals surface area contributed by atoms with E-state index in [1.54, 1.807) is 0 Å². The molecule has 0 unspecified atom stereocenters. The van der Waals surface area contributed by atoms with Gasteiger partial charge in [-0.15, -0.1) is 23.5 Å². The minimum absolute atomic E-state index is 0.910. The van der Waals surface area contributed by atoms with Gasteiger partial charge in [-0.2, -0.15) is 0 Å². The summed E-state index contributed by atoms with van der Waals surface area (Å²) in [7, 11) is 0. The Bertz CT molecular complexity index is 791. The molecule has 0 saturated heterocycles. The predicted molar refractivity (Wildman–Crippen MR) is 115 cm³/mol. The molecule has 0 amide bonds. The molecule has 0 fully saturated rings. The predicted octanol–water partition coefficient (Wildman–Crippen LogP) is 6.90. The molecule has 0 aliphatic carbocycles. The van der Waals surface area contributed by atoms with Gasteiger partial charge in [0, 0.05) is 21.3 Å². The molecule has 1 heterocycles. The summed E-state index contributed by atoms with van der Waals surface area (Å²) in [5, 5.41) is 0. The topological polar surface area (TPSA) is 12.9 Å². The Labute approximate surface area is 165 Å². The van der Waals surface area contributed by atoms with E-state index in [2.05, 4.69) is 82.3 Å². The first kappa shape index (κ1) is 19.1. The summed E-state index contributed by atoms with van der Waals surface area (Å²) in [5.41, 5.74) is 7.68. The molecule has 0 radical (unpaired) electrons. The highest BCUT2D eigenvalue weighted by Gasteiger charge is 2.07. The average molecular weight is 380 g/mol. The maximum absolute atomic E-state index is 4.88. The van der Waals surface area contributed by atoms with Crippen molar-refractivity contribution in [2.24, 2.45) is 0 Å². The van der Waals surface area contributed by atoms with Crippen molar-refractivity contribution in [3.63, 3.8) is 0 Å². The molecule has 0 aliphatic rings. The first-order valence-corrected chi connectivity index (χ1v) is 10.8. The smallest absolute Gasteiger partial charge is 0.0509 e. The number of pyridine rings is 1. The second-order valence-electron chi connectivity index (χ2n) is 6.64. The van der Waals surface area contributed by atoms with Gasteiger partial charge in [0.1, 0.15) is 0 Å². The van der Waals surface area contributed by atoms with Crippen LogP contribution in [0.2, 0.25) is 0 Å². The average Bonchev–Trinajstić information content (AvgIpc) is 2.61. The summed E-state index contributed by atoms with van der Waals surface area (Å²) in [4.78, 5) is 7.64. The summed E-state index contributed by atoms with van der Waals surface area (Å²) in [6, 6.07) is 19.4. The van der Waals surface area contributed by atoms with Crippen molar-refractivity contribution < 1.29 is 0 Å². The van der Waals surface area contributed by atoms with Crippen LogP contribution in [0.4, 0.5) is 0 Å². The number of benzene rings is 2. The highest BCUT2D eigenvalue weighted by atomic mass is 32.2. The number of thioether (sulfide) groups is 2. The minimum Gasteiger partial charge on any atom is -0.256 e. The van der Waals surface area contributed by atoms with Gasteiger partial charge in [0.15, 0.2) is 0 Å². The monoisotopic (exact) mass is 379 g/mol. The van der Waals surface area contributed by atoms with Crippen LogP contribution in [-0.4, -0.2) is 4.98 Å². The quantitative estimate of drug-likeness (QED) is 0.432. The van der Waals surface area contributed by atoms with Crippen molar-refractivity contribution in [3.8, 4) is 0 Å². The van der Waals surface area contributed by atoms with E-state index in [4.69, 9.17) is 4.98 Å². The molecular weight excluding hydrogens is 354 g/mol. The zero-order valence-electron chi connectivity index (χ0n) is 15.9. The molecular formula is C23H25NS2. The number of aryl methyl sites for hydroxylation is 4. The molecule has 0 atom stereocenters. The Morgan fingerprint density at radius 3 is 1.31 bits per heavy atom. The molecule has 3 aromatic rings. The van der Waals surface area contributed by atoms with E-state index in [9.17, 15) is 0 Å². The Hall–Kier alpha value is -1.71. The number of aromatic nitrogens is 1. The van der Waals surface area contributed by atoms with Gasteiger partial charge >= 0.3 is 0 Å². The number of nitrogens with zero attached hydrogens (tertiary/aromatic N) is 1. The molecule has 0 saturated carbocycles. The molecule has 2 aromatic carbocycles. The Morgan fingerprint density at radius 2 is 0.923 bits per heavy atom. The van der Waals surface area contributed by atoms with Crippen molar-refractivity contribution in [1.29, 1.82) is 0 Å². The Kier molecular flexibility index (Phi) is 6.44. The maximum atomic E-state index is 4.88. The van der Waals surface area contributed by atoms with Gasteiger partial charge in [0.25, 0.3) is 0 Å². The minimum atomic E-state index is 0.910. The zero-order valence-corrected chi connectivity index (χ0v) is 17.5. The van der Waals surface area contributed by atoms with E-state index in [-0.39, 0.29) is 0 Å². The molecule has 0 N–H and O–H groups in total. The summed E-state index contributed by atoms with van der Waals surface area (Å²) >= 11 is 3.77. The van der Waals surface area contributed by atoms with Crippen LogP contribution in [-0.2, 0) is 11.5 Å². The molecule has 0 bridgehead atoms. The molecule has 0 aliphatic heterocycles. The molecule has 26 heavy (non-hydrogen) atoms. The number of rotatable bonds is 6. The molecule has 1 aromatic heterocycles. The highest BCUT2D eigenvalue weighted by molar-refractivity contribution is 7.98. The fourth-order valence-electron chi connectivity index (χ4n) is 3.04. The fourth-order valence-corrected chi connectivity index (χ4v) is 5.12. The van der Waals surface area contributed by atoms with Crippen LogP contribution in [0.1, 0.15) is 33.6 Å². The Morgan fingerprint density at radius 1 is 0.577 bits per heavy atom. The fraction of sp³-hybridized carbons (Fsp3) is 0.261. The third-order valence-corrected chi connectivity index (χ3v) is 7.16. The normalized spacial score (nSPS) is 10.9. The lowest BCUT2D eigenvalue weighted by atomic mass is 10.2. The third-order valence-electron chi connectivity index (χ3n) is 4.41. The summed E-state index contributed by atoms with van der Waals surface area (Å²) < 4.78 is 0. The lowest BCUT2D eigenvalue weighted by molar-refractivity contribution is 1.08. The molecule has 3 heteroatoms. The molecule has 134 valence electrons. The second kappa shape index (κ2) is 8.79. The van der Waals surface area contributed by atoms with Crippen LogP contribution in [0.5, 0.6) is 0 Å². The van der Waals surface area contributed by atoms with Gasteiger partial charge in [-0.1, -0.05) is 42.5 Å². The van der Waals surface area contributed by atoms with E-state index in [1.165, 1.54) is 32.0 Å². The van der Waals surface area contributed by atoms with Crippen LogP contribution in [0.3, 0.4) is 0 Å². The second-order valence-corrected chi connectivity index (χ2v) is 8.61. The highest BCUT2D eigenvalue weighted by Crippen LogP contribution is 2.30. The lowest BCUT2D eigenvalue weighted by Gasteiger charge is -2.11. The van der Waals surface area contributed by atoms with E-state index in [1.807, 2.05) is 23.5 Å². The number of hydrogen-bond acceptors (Lipinski definition) is 3. The first-order valence-electron chi connectivity index (χ1n) is 8.87. The van der Waals surface area contributed by atoms with Crippen LogP contribution >= 0.6 is 23.5 Å². The molecule has 0 spiro atoms. The summed E-state index contributed by atoms with van der Waals surface area (Å²) in [6.07, 6.45) is 0. The molecule has 3 rings (SSSR count). The Balaban J connectivity index is 1.67. The maximum Gasteiger partial charge on any atom is 0.0509 e.